The molecule has 4 aliphatic rings. The first-order valence-corrected chi connectivity index (χ1v) is 10.2. The van der Waals surface area contributed by atoms with E-state index in [1.165, 1.54) is 44.9 Å². The normalized spacial score (nSPS) is 57.3. The van der Waals surface area contributed by atoms with Gasteiger partial charge in [-0.1, -0.05) is 13.8 Å². The Balaban J connectivity index is 1.60. The monoisotopic (exact) mass is 320 g/mol. The minimum atomic E-state index is -0.140. The molecule has 23 heavy (non-hydrogen) atoms. The lowest BCUT2D eigenvalue weighted by Gasteiger charge is -2.61. The van der Waals surface area contributed by atoms with E-state index in [0.717, 1.165) is 36.5 Å². The molecule has 4 rings (SSSR count). The molecule has 9 atom stereocenters. The van der Waals surface area contributed by atoms with Crippen LogP contribution in [-0.4, -0.2) is 22.4 Å². The summed E-state index contributed by atoms with van der Waals surface area (Å²) in [6.07, 6.45) is 11.1. The summed E-state index contributed by atoms with van der Waals surface area (Å²) in [6.45, 7) is 7.08. The van der Waals surface area contributed by atoms with Crippen molar-refractivity contribution >= 4 is 0 Å². The van der Waals surface area contributed by atoms with Crippen molar-refractivity contribution < 1.29 is 10.2 Å². The van der Waals surface area contributed by atoms with Crippen LogP contribution >= 0.6 is 0 Å². The van der Waals surface area contributed by atoms with E-state index in [9.17, 15) is 10.2 Å². The number of rotatable bonds is 1. The standard InChI is InChI=1S/C21H36O2/c1-13(22)17-6-7-18-16-5-4-14-12-15(23)8-10-20(14,2)19(16)9-11-21(17,18)3/h13-19,22-23H,4-12H2,1-3H3/t13?,14-,15?,16?,17?,18?,19?,20?,21+/m1/s1. The third kappa shape index (κ3) is 2.27. The fourth-order valence-electron chi connectivity index (χ4n) is 8.07. The zero-order valence-corrected chi connectivity index (χ0v) is 15.3. The molecule has 7 unspecified atom stereocenters. The van der Waals surface area contributed by atoms with Gasteiger partial charge in [-0.2, -0.15) is 0 Å². The molecular weight excluding hydrogens is 284 g/mol. The largest absolute Gasteiger partial charge is 0.393 e. The molecular formula is C21H36O2. The smallest absolute Gasteiger partial charge is 0.0545 e. The maximum absolute atomic E-state index is 10.3. The summed E-state index contributed by atoms with van der Waals surface area (Å²) in [5.41, 5.74) is 0.860. The summed E-state index contributed by atoms with van der Waals surface area (Å²) >= 11 is 0. The van der Waals surface area contributed by atoms with Crippen molar-refractivity contribution in [2.45, 2.75) is 90.8 Å². The van der Waals surface area contributed by atoms with E-state index in [2.05, 4.69) is 13.8 Å². The van der Waals surface area contributed by atoms with Crippen LogP contribution in [0.15, 0.2) is 0 Å². The lowest BCUT2D eigenvalue weighted by atomic mass is 9.44. The summed E-state index contributed by atoms with van der Waals surface area (Å²) in [5, 5.41) is 20.4. The van der Waals surface area contributed by atoms with Crippen LogP contribution in [0, 0.1) is 40.4 Å². The Morgan fingerprint density at radius 2 is 1.57 bits per heavy atom. The Morgan fingerprint density at radius 1 is 0.870 bits per heavy atom. The van der Waals surface area contributed by atoms with Crippen LogP contribution in [0.5, 0.6) is 0 Å². The summed E-state index contributed by atoms with van der Waals surface area (Å²) in [7, 11) is 0. The Kier molecular flexibility index (Phi) is 3.89. The van der Waals surface area contributed by atoms with Gasteiger partial charge in [-0.3, -0.25) is 0 Å². The van der Waals surface area contributed by atoms with Crippen LogP contribution in [-0.2, 0) is 0 Å². The zero-order chi connectivity index (χ0) is 16.4. The molecule has 4 aliphatic carbocycles. The molecule has 0 aromatic carbocycles. The number of aliphatic hydroxyl groups excluding tert-OH is 2. The molecule has 4 fully saturated rings. The van der Waals surface area contributed by atoms with Crippen molar-refractivity contribution in [2.75, 3.05) is 0 Å². The van der Waals surface area contributed by atoms with Crippen molar-refractivity contribution in [3.05, 3.63) is 0 Å². The zero-order valence-electron chi connectivity index (χ0n) is 15.3. The molecule has 132 valence electrons. The first-order valence-electron chi connectivity index (χ1n) is 10.2. The van der Waals surface area contributed by atoms with Gasteiger partial charge in [-0.15, -0.1) is 0 Å². The fraction of sp³-hybridized carbons (Fsp3) is 1.00. The molecule has 2 heteroatoms. The predicted octanol–water partition coefficient (Wildman–Crippen LogP) is 4.39. The molecule has 2 nitrogen and oxygen atoms in total. The van der Waals surface area contributed by atoms with Gasteiger partial charge in [0.15, 0.2) is 0 Å². The number of hydrogen-bond donors (Lipinski definition) is 2. The third-order valence-electron chi connectivity index (χ3n) is 9.29. The molecule has 0 heterocycles. The summed E-state index contributed by atoms with van der Waals surface area (Å²) < 4.78 is 0. The van der Waals surface area contributed by atoms with Gasteiger partial charge in [0.25, 0.3) is 0 Å². The van der Waals surface area contributed by atoms with Crippen LogP contribution in [0.1, 0.15) is 78.6 Å². The van der Waals surface area contributed by atoms with E-state index in [1.54, 1.807) is 0 Å². The molecule has 0 spiro atoms. The molecule has 2 N–H and O–H groups in total. The lowest BCUT2D eigenvalue weighted by molar-refractivity contribution is -0.132. The quantitative estimate of drug-likeness (QED) is 0.752. The minimum Gasteiger partial charge on any atom is -0.393 e. The summed E-state index contributed by atoms with van der Waals surface area (Å²) in [4.78, 5) is 0. The van der Waals surface area contributed by atoms with Crippen LogP contribution in [0.25, 0.3) is 0 Å². The SMILES string of the molecule is CC(O)C1CCC2C3CC[C@@H]4CC(O)CCC4(C)C3CC[C@@]12C. The van der Waals surface area contributed by atoms with Crippen LogP contribution in [0.4, 0.5) is 0 Å². The molecule has 0 saturated heterocycles. The summed E-state index contributed by atoms with van der Waals surface area (Å²) in [6, 6.07) is 0. The van der Waals surface area contributed by atoms with Crippen molar-refractivity contribution in [1.82, 2.24) is 0 Å². The van der Waals surface area contributed by atoms with E-state index in [0.29, 0.717) is 16.7 Å². The average molecular weight is 321 g/mol. The Bertz CT molecular complexity index is 461. The van der Waals surface area contributed by atoms with Crippen molar-refractivity contribution in [3.63, 3.8) is 0 Å². The Labute approximate surface area is 142 Å². The second-order valence-electron chi connectivity index (χ2n) is 10.1. The van der Waals surface area contributed by atoms with Gasteiger partial charge in [0.05, 0.1) is 12.2 Å². The van der Waals surface area contributed by atoms with Crippen LogP contribution < -0.4 is 0 Å². The van der Waals surface area contributed by atoms with Gasteiger partial charge in [0.1, 0.15) is 0 Å². The second kappa shape index (κ2) is 5.46. The highest BCUT2D eigenvalue weighted by Gasteiger charge is 2.60. The molecule has 0 radical (unpaired) electrons. The highest BCUT2D eigenvalue weighted by Crippen LogP contribution is 2.67. The van der Waals surface area contributed by atoms with Gasteiger partial charge in [-0.05, 0) is 105 Å². The molecule has 4 saturated carbocycles. The van der Waals surface area contributed by atoms with E-state index < -0.39 is 0 Å². The maximum atomic E-state index is 10.3. The van der Waals surface area contributed by atoms with E-state index in [-0.39, 0.29) is 12.2 Å². The number of hydrogen-bond acceptors (Lipinski definition) is 2. The third-order valence-corrected chi connectivity index (χ3v) is 9.29. The maximum Gasteiger partial charge on any atom is 0.0545 e. The molecule has 0 aliphatic heterocycles. The fourth-order valence-corrected chi connectivity index (χ4v) is 8.07. The summed E-state index contributed by atoms with van der Waals surface area (Å²) in [5.74, 6) is 3.87. The minimum absolute atomic E-state index is 0.0374. The van der Waals surface area contributed by atoms with Crippen LogP contribution in [0.2, 0.25) is 0 Å². The van der Waals surface area contributed by atoms with E-state index >= 15 is 0 Å². The topological polar surface area (TPSA) is 40.5 Å². The molecule has 0 aromatic rings. The first-order chi connectivity index (χ1) is 10.9. The van der Waals surface area contributed by atoms with E-state index in [4.69, 9.17) is 0 Å². The average Bonchev–Trinajstić information content (AvgIpc) is 2.85. The van der Waals surface area contributed by atoms with Gasteiger partial charge in [0.2, 0.25) is 0 Å². The lowest BCUT2D eigenvalue weighted by Crippen LogP contribution is -2.54. The molecule has 0 bridgehead atoms. The first kappa shape index (κ1) is 16.4. The van der Waals surface area contributed by atoms with Crippen molar-refractivity contribution in [3.8, 4) is 0 Å². The van der Waals surface area contributed by atoms with Gasteiger partial charge in [0, 0.05) is 0 Å². The number of fused-ring (bicyclic) bond motifs is 5. The highest BCUT2D eigenvalue weighted by atomic mass is 16.3. The Morgan fingerprint density at radius 3 is 2.30 bits per heavy atom. The van der Waals surface area contributed by atoms with Gasteiger partial charge in [-0.25, -0.2) is 0 Å². The second-order valence-corrected chi connectivity index (χ2v) is 10.1. The predicted molar refractivity (Wildman–Crippen MR) is 92.9 cm³/mol. The van der Waals surface area contributed by atoms with Gasteiger partial charge < -0.3 is 10.2 Å². The number of aliphatic hydroxyl groups is 2. The molecule has 0 aromatic heterocycles. The van der Waals surface area contributed by atoms with Crippen molar-refractivity contribution in [1.29, 1.82) is 0 Å². The van der Waals surface area contributed by atoms with E-state index in [1.807, 2.05) is 6.92 Å². The molecule has 0 amide bonds. The Hall–Kier alpha value is -0.0800. The van der Waals surface area contributed by atoms with Crippen LogP contribution in [0.3, 0.4) is 0 Å². The van der Waals surface area contributed by atoms with Gasteiger partial charge >= 0.3 is 0 Å². The highest BCUT2D eigenvalue weighted by molar-refractivity contribution is 5.09. The van der Waals surface area contributed by atoms with Crippen molar-refractivity contribution in [2.24, 2.45) is 40.4 Å².